The summed E-state index contributed by atoms with van der Waals surface area (Å²) in [4.78, 5) is 10.5. The van der Waals surface area contributed by atoms with E-state index in [-0.39, 0.29) is 5.97 Å². The predicted molar refractivity (Wildman–Crippen MR) is 53.7 cm³/mol. The minimum Gasteiger partial charge on any atom is -0.432 e. The Morgan fingerprint density at radius 1 is 1.33 bits per heavy atom. The zero-order valence-electron chi connectivity index (χ0n) is 8.60. The van der Waals surface area contributed by atoms with Crippen LogP contribution in [0.15, 0.2) is 11.8 Å². The van der Waals surface area contributed by atoms with Gasteiger partial charge >= 0.3 is 5.97 Å². The van der Waals surface area contributed by atoms with E-state index >= 15 is 0 Å². The molecule has 0 heterocycles. The van der Waals surface area contributed by atoms with E-state index in [1.54, 1.807) is 0 Å². The van der Waals surface area contributed by atoms with Gasteiger partial charge in [0.15, 0.2) is 0 Å². The highest BCUT2D eigenvalue weighted by molar-refractivity contribution is 6.76. The Kier molecular flexibility index (Phi) is 4.24. The number of ether oxygens (including phenoxy) is 1. The lowest BCUT2D eigenvalue weighted by Gasteiger charge is -2.12. The monoisotopic (exact) mass is 186 g/mol. The summed E-state index contributed by atoms with van der Waals surface area (Å²) >= 11 is 0. The summed E-state index contributed by atoms with van der Waals surface area (Å²) in [6.07, 6.45) is 2.01. The summed E-state index contributed by atoms with van der Waals surface area (Å²) < 4.78 is 4.89. The molecule has 0 aliphatic heterocycles. The molecule has 70 valence electrons. The van der Waals surface area contributed by atoms with Crippen molar-refractivity contribution in [3.63, 3.8) is 0 Å². The second-order valence-electron chi connectivity index (χ2n) is 4.17. The Bertz CT molecular complexity index is 189. The van der Waals surface area contributed by atoms with Crippen LogP contribution < -0.4 is 0 Å². The van der Waals surface area contributed by atoms with Gasteiger partial charge in [-0.3, -0.25) is 4.79 Å². The third kappa shape index (κ3) is 7.53. The van der Waals surface area contributed by atoms with E-state index in [1.165, 1.54) is 6.92 Å². The molecule has 0 bridgehead atoms. The van der Waals surface area contributed by atoms with E-state index in [0.29, 0.717) is 0 Å². The lowest BCUT2D eigenvalue weighted by Crippen LogP contribution is -2.17. The molecule has 0 spiro atoms. The lowest BCUT2D eigenvalue weighted by molar-refractivity contribution is -0.136. The summed E-state index contributed by atoms with van der Waals surface area (Å²) in [5.41, 5.74) is 0. The van der Waals surface area contributed by atoms with Crippen molar-refractivity contribution in [2.24, 2.45) is 0 Å². The highest BCUT2D eigenvalue weighted by atomic mass is 28.3. The number of hydrogen-bond donors (Lipinski definition) is 0. The van der Waals surface area contributed by atoms with Crippen molar-refractivity contribution in [1.82, 2.24) is 0 Å². The van der Waals surface area contributed by atoms with Gasteiger partial charge in [-0.05, 0) is 19.0 Å². The van der Waals surface area contributed by atoms with Crippen molar-refractivity contribution >= 4 is 14.0 Å². The molecule has 0 N–H and O–H groups in total. The number of esters is 1. The van der Waals surface area contributed by atoms with E-state index in [2.05, 4.69) is 19.6 Å². The van der Waals surface area contributed by atoms with Gasteiger partial charge in [0.05, 0.1) is 0 Å². The minimum atomic E-state index is -1.04. The number of hydrogen-bond acceptors (Lipinski definition) is 2. The van der Waals surface area contributed by atoms with Crippen LogP contribution in [0.2, 0.25) is 25.7 Å². The molecule has 0 unspecified atom stereocenters. The first-order valence-corrected chi connectivity index (χ1v) is 7.87. The maximum Gasteiger partial charge on any atom is 0.307 e. The van der Waals surface area contributed by atoms with Gasteiger partial charge in [-0.15, -0.1) is 0 Å². The van der Waals surface area contributed by atoms with Gasteiger partial charge in [-0.25, -0.2) is 0 Å². The van der Waals surface area contributed by atoms with Crippen molar-refractivity contribution < 1.29 is 9.53 Å². The molecule has 0 radical (unpaired) electrons. The Hall–Kier alpha value is -0.573. The molecule has 0 aromatic carbocycles. The highest BCUT2D eigenvalue weighted by Gasteiger charge is 2.10. The third-order valence-electron chi connectivity index (χ3n) is 1.31. The molecule has 0 amide bonds. The molecular weight excluding hydrogens is 168 g/mol. The summed E-state index contributed by atoms with van der Waals surface area (Å²) in [6, 6.07) is 1.06. The molecule has 3 heteroatoms. The van der Waals surface area contributed by atoms with Crippen LogP contribution in [0.3, 0.4) is 0 Å². The summed E-state index contributed by atoms with van der Waals surface area (Å²) in [5, 5.41) is 0. The molecule has 12 heavy (non-hydrogen) atoms. The van der Waals surface area contributed by atoms with Crippen LogP contribution in [0, 0.1) is 0 Å². The van der Waals surface area contributed by atoms with Gasteiger partial charge in [0.1, 0.15) is 5.76 Å². The molecule has 0 aromatic rings. The second-order valence-corrected chi connectivity index (χ2v) is 9.70. The zero-order valence-corrected chi connectivity index (χ0v) is 9.60. The second kappa shape index (κ2) is 4.45. The van der Waals surface area contributed by atoms with Crippen LogP contribution in [0.1, 0.15) is 13.8 Å². The first kappa shape index (κ1) is 11.4. The average Bonchev–Trinajstić information content (AvgIpc) is 1.80. The van der Waals surface area contributed by atoms with Gasteiger partial charge < -0.3 is 4.74 Å². The Morgan fingerprint density at radius 3 is 2.17 bits per heavy atom. The van der Waals surface area contributed by atoms with Gasteiger partial charge in [-0.2, -0.15) is 0 Å². The molecule has 0 saturated carbocycles. The number of carbonyl (C=O) groups excluding carboxylic acids is 1. The maximum absolute atomic E-state index is 10.5. The van der Waals surface area contributed by atoms with Crippen LogP contribution in [0.5, 0.6) is 0 Å². The smallest absolute Gasteiger partial charge is 0.307 e. The van der Waals surface area contributed by atoms with Gasteiger partial charge in [0.2, 0.25) is 0 Å². The Morgan fingerprint density at radius 2 is 1.83 bits per heavy atom. The van der Waals surface area contributed by atoms with E-state index in [0.717, 1.165) is 11.8 Å². The molecule has 2 nitrogen and oxygen atoms in total. The van der Waals surface area contributed by atoms with Crippen molar-refractivity contribution in [3.05, 3.63) is 11.8 Å². The first-order valence-electron chi connectivity index (χ1n) is 4.16. The van der Waals surface area contributed by atoms with Crippen LogP contribution in [-0.4, -0.2) is 14.0 Å². The first-order chi connectivity index (χ1) is 5.31. The fraction of sp³-hybridized carbons (Fsp3) is 0.667. The third-order valence-corrected chi connectivity index (χ3v) is 2.74. The summed E-state index contributed by atoms with van der Waals surface area (Å²) in [6.45, 7) is 10.1. The Labute approximate surface area is 75.6 Å². The number of rotatable bonds is 3. The van der Waals surface area contributed by atoms with Crippen LogP contribution in [0.4, 0.5) is 0 Å². The lowest BCUT2D eigenvalue weighted by atomic mass is 10.5. The summed E-state index contributed by atoms with van der Waals surface area (Å²) in [5.74, 6) is 0.490. The molecule has 0 fully saturated rings. The molecule has 0 saturated heterocycles. The van der Waals surface area contributed by atoms with Crippen LogP contribution in [0.25, 0.3) is 0 Å². The van der Waals surface area contributed by atoms with E-state index in [9.17, 15) is 4.79 Å². The van der Waals surface area contributed by atoms with Crippen molar-refractivity contribution in [2.45, 2.75) is 39.5 Å². The molecule has 0 aromatic heterocycles. The minimum absolute atomic E-state index is 0.237. The van der Waals surface area contributed by atoms with E-state index < -0.39 is 8.07 Å². The number of allylic oxidation sites excluding steroid dienone is 2. The SMILES string of the molecule is CC(=O)OC(C)=CC[Si](C)(C)C. The van der Waals surface area contributed by atoms with Crippen LogP contribution in [-0.2, 0) is 9.53 Å². The molecule has 0 atom stereocenters. The quantitative estimate of drug-likeness (QED) is 0.385. The fourth-order valence-electron chi connectivity index (χ4n) is 0.718. The average molecular weight is 186 g/mol. The molecule has 0 rings (SSSR count). The van der Waals surface area contributed by atoms with E-state index in [4.69, 9.17) is 4.74 Å². The maximum atomic E-state index is 10.5. The van der Waals surface area contributed by atoms with Crippen molar-refractivity contribution in [2.75, 3.05) is 0 Å². The van der Waals surface area contributed by atoms with Gasteiger partial charge in [0, 0.05) is 15.0 Å². The van der Waals surface area contributed by atoms with Crippen molar-refractivity contribution in [1.29, 1.82) is 0 Å². The normalized spacial score (nSPS) is 12.9. The molecule has 0 aliphatic carbocycles. The summed E-state index contributed by atoms with van der Waals surface area (Å²) in [7, 11) is -1.04. The van der Waals surface area contributed by atoms with Gasteiger partial charge in [0.25, 0.3) is 0 Å². The topological polar surface area (TPSA) is 26.3 Å². The Balaban J connectivity index is 3.93. The highest BCUT2D eigenvalue weighted by Crippen LogP contribution is 2.11. The fourth-order valence-corrected chi connectivity index (χ4v) is 1.62. The van der Waals surface area contributed by atoms with Crippen LogP contribution >= 0.6 is 0 Å². The van der Waals surface area contributed by atoms with Gasteiger partial charge in [-0.1, -0.05) is 19.6 Å². The molecular formula is C9H18O2Si. The number of carbonyl (C=O) groups is 1. The molecule has 0 aliphatic rings. The standard InChI is InChI=1S/C9H18O2Si/c1-8(11-9(2)10)6-7-12(3,4)5/h6H,7H2,1-5H3. The largest absolute Gasteiger partial charge is 0.432 e. The predicted octanol–water partition coefficient (Wildman–Crippen LogP) is 2.79. The van der Waals surface area contributed by atoms with Crippen molar-refractivity contribution in [3.8, 4) is 0 Å². The van der Waals surface area contributed by atoms with E-state index in [1.807, 2.05) is 13.0 Å². The zero-order chi connectivity index (χ0) is 9.78.